The molecular formula is C25H19ClN2. The maximum absolute atomic E-state index is 6.34. The molecule has 136 valence electrons. The summed E-state index contributed by atoms with van der Waals surface area (Å²) >= 11 is 6.34. The molecule has 2 nitrogen and oxygen atoms in total. The molecule has 4 aromatic rings. The van der Waals surface area contributed by atoms with Crippen molar-refractivity contribution >= 4 is 11.6 Å². The van der Waals surface area contributed by atoms with E-state index in [9.17, 15) is 0 Å². The van der Waals surface area contributed by atoms with E-state index in [0.717, 1.165) is 16.8 Å². The van der Waals surface area contributed by atoms with E-state index in [4.69, 9.17) is 16.6 Å². The molecule has 5 rings (SSSR count). The van der Waals surface area contributed by atoms with Crippen LogP contribution in [-0.4, -0.2) is 9.97 Å². The highest BCUT2D eigenvalue weighted by Gasteiger charge is 2.35. The van der Waals surface area contributed by atoms with Gasteiger partial charge in [0.25, 0.3) is 0 Å². The first-order chi connectivity index (χ1) is 13.5. The summed E-state index contributed by atoms with van der Waals surface area (Å²) in [6, 6.07) is 27.0. The van der Waals surface area contributed by atoms with Crippen LogP contribution in [-0.2, 0) is 5.41 Å². The van der Waals surface area contributed by atoms with E-state index in [1.807, 2.05) is 36.4 Å². The molecule has 0 N–H and O–H groups in total. The molecular weight excluding hydrogens is 364 g/mol. The lowest BCUT2D eigenvalue weighted by Gasteiger charge is -2.21. The molecule has 1 heterocycles. The van der Waals surface area contributed by atoms with Crippen LogP contribution in [0.1, 0.15) is 25.0 Å². The fourth-order valence-corrected chi connectivity index (χ4v) is 4.35. The standard InChI is InChI=1S/C25H19ClN2/c1-25(2)20-11-7-6-10-18(20)19-14-17(12-13-21(19)25)24-27-22(15-23(26)28-24)16-8-4-3-5-9-16/h3-15H,1-2H3. The Morgan fingerprint density at radius 1 is 0.679 bits per heavy atom. The molecule has 3 aromatic carbocycles. The topological polar surface area (TPSA) is 25.8 Å². The lowest BCUT2D eigenvalue weighted by atomic mass is 9.82. The van der Waals surface area contributed by atoms with E-state index >= 15 is 0 Å². The maximum Gasteiger partial charge on any atom is 0.161 e. The summed E-state index contributed by atoms with van der Waals surface area (Å²) in [5.41, 5.74) is 8.07. The van der Waals surface area contributed by atoms with Crippen molar-refractivity contribution < 1.29 is 0 Å². The highest BCUT2D eigenvalue weighted by molar-refractivity contribution is 6.29. The fourth-order valence-electron chi connectivity index (χ4n) is 4.16. The highest BCUT2D eigenvalue weighted by atomic mass is 35.5. The Hall–Kier alpha value is -2.97. The number of benzene rings is 3. The second-order valence-corrected chi connectivity index (χ2v) is 8.08. The highest BCUT2D eigenvalue weighted by Crippen LogP contribution is 2.49. The molecule has 0 bridgehead atoms. The van der Waals surface area contributed by atoms with E-state index in [2.05, 4.69) is 61.3 Å². The quantitative estimate of drug-likeness (QED) is 0.357. The van der Waals surface area contributed by atoms with Crippen LogP contribution in [0.2, 0.25) is 5.15 Å². The van der Waals surface area contributed by atoms with Crippen LogP contribution in [0, 0.1) is 0 Å². The van der Waals surface area contributed by atoms with Crippen molar-refractivity contribution in [3.8, 4) is 33.8 Å². The van der Waals surface area contributed by atoms with Gasteiger partial charge in [-0.05, 0) is 28.3 Å². The van der Waals surface area contributed by atoms with Crippen molar-refractivity contribution in [1.82, 2.24) is 9.97 Å². The number of halogens is 1. The summed E-state index contributed by atoms with van der Waals surface area (Å²) in [6.45, 7) is 4.56. The van der Waals surface area contributed by atoms with E-state index < -0.39 is 0 Å². The second kappa shape index (κ2) is 6.29. The first-order valence-corrected chi connectivity index (χ1v) is 9.76. The molecule has 1 aromatic heterocycles. The predicted molar refractivity (Wildman–Crippen MR) is 115 cm³/mol. The summed E-state index contributed by atoms with van der Waals surface area (Å²) in [7, 11) is 0. The molecule has 1 aliphatic carbocycles. The minimum absolute atomic E-state index is 0.00511. The van der Waals surface area contributed by atoms with Crippen LogP contribution in [0.25, 0.3) is 33.8 Å². The summed E-state index contributed by atoms with van der Waals surface area (Å²) < 4.78 is 0. The normalized spacial score (nSPS) is 13.8. The van der Waals surface area contributed by atoms with Gasteiger partial charge in [0, 0.05) is 22.6 Å². The minimum atomic E-state index is -0.00511. The summed E-state index contributed by atoms with van der Waals surface area (Å²) in [5, 5.41) is 0.449. The van der Waals surface area contributed by atoms with Crippen LogP contribution < -0.4 is 0 Å². The van der Waals surface area contributed by atoms with E-state index in [-0.39, 0.29) is 5.41 Å². The number of aromatic nitrogens is 2. The molecule has 0 radical (unpaired) electrons. The molecule has 0 fully saturated rings. The van der Waals surface area contributed by atoms with Gasteiger partial charge in [0.15, 0.2) is 5.82 Å². The monoisotopic (exact) mass is 382 g/mol. The Labute approximate surface area is 169 Å². The lowest BCUT2D eigenvalue weighted by Crippen LogP contribution is -2.14. The fraction of sp³-hybridized carbons (Fsp3) is 0.120. The SMILES string of the molecule is CC1(C)c2ccccc2-c2cc(-c3nc(Cl)cc(-c4ccccc4)n3)ccc21. The zero-order valence-electron chi connectivity index (χ0n) is 15.8. The Kier molecular flexibility index (Phi) is 3.85. The van der Waals surface area contributed by atoms with Gasteiger partial charge in [-0.3, -0.25) is 0 Å². The Bertz CT molecular complexity index is 1200. The van der Waals surface area contributed by atoms with Crippen molar-refractivity contribution in [2.75, 3.05) is 0 Å². The molecule has 0 atom stereocenters. The van der Waals surface area contributed by atoms with Gasteiger partial charge >= 0.3 is 0 Å². The third-order valence-electron chi connectivity index (χ3n) is 5.61. The summed E-state index contributed by atoms with van der Waals surface area (Å²) in [6.07, 6.45) is 0. The van der Waals surface area contributed by atoms with Crippen molar-refractivity contribution in [2.24, 2.45) is 0 Å². The van der Waals surface area contributed by atoms with Gasteiger partial charge in [-0.2, -0.15) is 0 Å². The van der Waals surface area contributed by atoms with Gasteiger partial charge in [0.1, 0.15) is 5.15 Å². The number of hydrogen-bond donors (Lipinski definition) is 0. The van der Waals surface area contributed by atoms with Crippen LogP contribution in [0.4, 0.5) is 0 Å². The number of hydrogen-bond acceptors (Lipinski definition) is 2. The van der Waals surface area contributed by atoms with Gasteiger partial charge in [-0.15, -0.1) is 0 Å². The van der Waals surface area contributed by atoms with Crippen LogP contribution in [0.15, 0.2) is 78.9 Å². The molecule has 3 heteroatoms. The summed E-state index contributed by atoms with van der Waals surface area (Å²) in [5.74, 6) is 0.649. The number of rotatable bonds is 2. The minimum Gasteiger partial charge on any atom is -0.228 e. The van der Waals surface area contributed by atoms with Crippen molar-refractivity contribution in [2.45, 2.75) is 19.3 Å². The first kappa shape index (κ1) is 17.2. The van der Waals surface area contributed by atoms with Crippen LogP contribution >= 0.6 is 11.6 Å². The molecule has 0 saturated carbocycles. The molecule has 0 amide bonds. The number of nitrogens with zero attached hydrogens (tertiary/aromatic N) is 2. The second-order valence-electron chi connectivity index (χ2n) is 7.70. The molecule has 0 aliphatic heterocycles. The van der Waals surface area contributed by atoms with Crippen molar-refractivity contribution in [3.63, 3.8) is 0 Å². The average Bonchev–Trinajstić information content (AvgIpc) is 2.95. The molecule has 1 aliphatic rings. The van der Waals surface area contributed by atoms with E-state index in [1.165, 1.54) is 22.3 Å². The summed E-state index contributed by atoms with van der Waals surface area (Å²) in [4.78, 5) is 9.30. The van der Waals surface area contributed by atoms with Gasteiger partial charge in [0.2, 0.25) is 0 Å². The third kappa shape index (κ3) is 2.64. The van der Waals surface area contributed by atoms with E-state index in [1.54, 1.807) is 0 Å². The van der Waals surface area contributed by atoms with Gasteiger partial charge in [0.05, 0.1) is 5.69 Å². The van der Waals surface area contributed by atoms with E-state index in [0.29, 0.717) is 11.0 Å². The van der Waals surface area contributed by atoms with Gasteiger partial charge in [-0.25, -0.2) is 9.97 Å². The van der Waals surface area contributed by atoms with Crippen LogP contribution in [0.3, 0.4) is 0 Å². The zero-order valence-corrected chi connectivity index (χ0v) is 16.5. The Balaban J connectivity index is 1.67. The largest absolute Gasteiger partial charge is 0.228 e. The van der Waals surface area contributed by atoms with Crippen LogP contribution in [0.5, 0.6) is 0 Å². The third-order valence-corrected chi connectivity index (χ3v) is 5.80. The molecule has 0 spiro atoms. The maximum atomic E-state index is 6.34. The number of fused-ring (bicyclic) bond motifs is 3. The molecule has 28 heavy (non-hydrogen) atoms. The van der Waals surface area contributed by atoms with Gasteiger partial charge in [-0.1, -0.05) is 92.2 Å². The average molecular weight is 383 g/mol. The molecule has 0 unspecified atom stereocenters. The van der Waals surface area contributed by atoms with Crippen molar-refractivity contribution in [3.05, 3.63) is 95.1 Å². The van der Waals surface area contributed by atoms with Gasteiger partial charge < -0.3 is 0 Å². The van der Waals surface area contributed by atoms with Crippen molar-refractivity contribution in [1.29, 1.82) is 0 Å². The Morgan fingerprint density at radius 3 is 2.21 bits per heavy atom. The first-order valence-electron chi connectivity index (χ1n) is 9.39. The lowest BCUT2D eigenvalue weighted by molar-refractivity contribution is 0.660. The molecule has 0 saturated heterocycles. The predicted octanol–water partition coefficient (Wildman–Crippen LogP) is 6.77. The smallest absolute Gasteiger partial charge is 0.161 e. The Morgan fingerprint density at radius 2 is 1.39 bits per heavy atom. The zero-order chi connectivity index (χ0) is 19.3.